The summed E-state index contributed by atoms with van der Waals surface area (Å²) in [6, 6.07) is 9.31. The maximum absolute atomic E-state index is 13.1. The molecule has 2 N–H and O–H groups in total. The molecule has 1 atom stereocenters. The lowest BCUT2D eigenvalue weighted by atomic mass is 10.1. The topological polar surface area (TPSA) is 59.6 Å². The Labute approximate surface area is 143 Å². The maximum Gasteiger partial charge on any atom is 0.315 e. The molecule has 5 nitrogen and oxygen atoms in total. The maximum atomic E-state index is 13.1. The van der Waals surface area contributed by atoms with Gasteiger partial charge < -0.3 is 20.1 Å². The molecule has 24 heavy (non-hydrogen) atoms. The fraction of sp³-hybridized carbons (Fsp3) is 0.235. The van der Waals surface area contributed by atoms with Crippen molar-refractivity contribution < 1.29 is 18.7 Å². The number of benzene rings is 2. The van der Waals surface area contributed by atoms with Crippen molar-refractivity contribution >= 4 is 17.6 Å². The molecule has 0 aliphatic carbocycles. The van der Waals surface area contributed by atoms with Crippen molar-refractivity contribution in [3.05, 3.63) is 58.4 Å². The Morgan fingerprint density at radius 2 is 2.04 bits per heavy atom. The molecule has 1 aliphatic rings. The molecule has 126 valence electrons. The smallest absolute Gasteiger partial charge is 0.315 e. The first-order valence-corrected chi connectivity index (χ1v) is 7.78. The molecule has 1 aliphatic heterocycles. The number of carbonyl (C=O) groups excluding carboxylic acids is 1. The third kappa shape index (κ3) is 3.71. The van der Waals surface area contributed by atoms with Crippen molar-refractivity contribution in [3.63, 3.8) is 0 Å². The molecule has 0 saturated heterocycles. The van der Waals surface area contributed by atoms with E-state index < -0.39 is 5.82 Å². The number of amides is 2. The van der Waals surface area contributed by atoms with Gasteiger partial charge in [-0.3, -0.25) is 0 Å². The lowest BCUT2D eigenvalue weighted by Crippen LogP contribution is -2.36. The van der Waals surface area contributed by atoms with E-state index in [1.165, 1.54) is 12.1 Å². The van der Waals surface area contributed by atoms with Crippen molar-refractivity contribution in [2.75, 3.05) is 6.79 Å². The Morgan fingerprint density at radius 1 is 1.25 bits per heavy atom. The molecule has 1 heterocycles. The summed E-state index contributed by atoms with van der Waals surface area (Å²) in [6.45, 7) is 2.33. The lowest BCUT2D eigenvalue weighted by molar-refractivity contribution is 0.174. The second-order valence-electron chi connectivity index (χ2n) is 5.41. The van der Waals surface area contributed by atoms with Gasteiger partial charge in [0.05, 0.1) is 11.1 Å². The summed E-state index contributed by atoms with van der Waals surface area (Å²) in [7, 11) is 0. The van der Waals surface area contributed by atoms with Gasteiger partial charge in [0.2, 0.25) is 6.79 Å². The second-order valence-corrected chi connectivity index (χ2v) is 5.82. The molecule has 0 saturated carbocycles. The summed E-state index contributed by atoms with van der Waals surface area (Å²) in [5.41, 5.74) is 1.62. The Kier molecular flexibility index (Phi) is 4.76. The average Bonchev–Trinajstić information content (AvgIpc) is 3.03. The van der Waals surface area contributed by atoms with Gasteiger partial charge in [0.25, 0.3) is 0 Å². The van der Waals surface area contributed by atoms with Gasteiger partial charge in [0.1, 0.15) is 5.82 Å². The molecule has 2 aromatic rings. The van der Waals surface area contributed by atoms with Gasteiger partial charge in [-0.15, -0.1) is 0 Å². The van der Waals surface area contributed by atoms with Gasteiger partial charge in [0.15, 0.2) is 11.5 Å². The van der Waals surface area contributed by atoms with Crippen molar-refractivity contribution in [2.45, 2.75) is 19.5 Å². The van der Waals surface area contributed by atoms with Crippen LogP contribution in [0.15, 0.2) is 36.4 Å². The van der Waals surface area contributed by atoms with E-state index in [4.69, 9.17) is 21.1 Å². The van der Waals surface area contributed by atoms with Crippen LogP contribution in [-0.4, -0.2) is 12.8 Å². The number of carbonyl (C=O) groups is 1. The molecular formula is C17H16ClFN2O3. The van der Waals surface area contributed by atoms with E-state index in [1.54, 1.807) is 6.07 Å². The third-order valence-electron chi connectivity index (χ3n) is 3.68. The van der Waals surface area contributed by atoms with Crippen LogP contribution < -0.4 is 20.1 Å². The number of urea groups is 1. The van der Waals surface area contributed by atoms with Crippen LogP contribution in [0.1, 0.15) is 24.1 Å². The second kappa shape index (κ2) is 6.97. The lowest BCUT2D eigenvalue weighted by Gasteiger charge is -2.15. The van der Waals surface area contributed by atoms with Crippen molar-refractivity contribution in [2.24, 2.45) is 0 Å². The standard InChI is InChI=1S/C17H16ClFN2O3/c1-10(12-3-5-15-16(7-12)24-9-23-15)21-17(22)20-8-11-2-4-14(19)13(18)6-11/h2-7,10H,8-9H2,1H3,(H2,20,21,22). The highest BCUT2D eigenvalue weighted by Gasteiger charge is 2.16. The van der Waals surface area contributed by atoms with Crippen molar-refractivity contribution in [1.29, 1.82) is 0 Å². The summed E-state index contributed by atoms with van der Waals surface area (Å²) in [5, 5.41) is 5.57. The van der Waals surface area contributed by atoms with Crippen LogP contribution >= 0.6 is 11.6 Å². The number of hydrogen-bond donors (Lipinski definition) is 2. The summed E-state index contributed by atoms with van der Waals surface area (Å²) < 4.78 is 23.7. The number of ether oxygens (including phenoxy) is 2. The highest BCUT2D eigenvalue weighted by Crippen LogP contribution is 2.34. The van der Waals surface area contributed by atoms with Crippen LogP contribution in [0.5, 0.6) is 11.5 Å². The summed E-state index contributed by atoms with van der Waals surface area (Å²) >= 11 is 5.71. The third-order valence-corrected chi connectivity index (χ3v) is 3.97. The van der Waals surface area contributed by atoms with Crippen molar-refractivity contribution in [3.8, 4) is 11.5 Å². The molecule has 0 spiro atoms. The predicted molar refractivity (Wildman–Crippen MR) is 87.8 cm³/mol. The van der Waals surface area contributed by atoms with E-state index in [0.29, 0.717) is 17.1 Å². The summed E-state index contributed by atoms with van der Waals surface area (Å²) in [4.78, 5) is 12.0. The Balaban J connectivity index is 1.55. The quantitative estimate of drug-likeness (QED) is 0.882. The minimum Gasteiger partial charge on any atom is -0.454 e. The Morgan fingerprint density at radius 3 is 2.83 bits per heavy atom. The van der Waals surface area contributed by atoms with Crippen LogP contribution in [0.3, 0.4) is 0 Å². The largest absolute Gasteiger partial charge is 0.454 e. The van der Waals surface area contributed by atoms with Gasteiger partial charge in [-0.25, -0.2) is 9.18 Å². The highest BCUT2D eigenvalue weighted by molar-refractivity contribution is 6.30. The molecule has 3 rings (SSSR count). The fourth-order valence-electron chi connectivity index (χ4n) is 2.35. The van der Waals surface area contributed by atoms with Gasteiger partial charge in [0, 0.05) is 6.54 Å². The molecule has 7 heteroatoms. The van der Waals surface area contributed by atoms with E-state index in [1.807, 2.05) is 25.1 Å². The van der Waals surface area contributed by atoms with Gasteiger partial charge >= 0.3 is 6.03 Å². The van der Waals surface area contributed by atoms with E-state index in [9.17, 15) is 9.18 Å². The van der Waals surface area contributed by atoms with Gasteiger partial charge in [-0.05, 0) is 42.3 Å². The molecular weight excluding hydrogens is 335 g/mol. The zero-order chi connectivity index (χ0) is 17.1. The Bertz CT molecular complexity index is 769. The highest BCUT2D eigenvalue weighted by atomic mass is 35.5. The zero-order valence-electron chi connectivity index (χ0n) is 12.9. The van der Waals surface area contributed by atoms with Gasteiger partial charge in [-0.2, -0.15) is 0 Å². The van der Waals surface area contributed by atoms with Gasteiger partial charge in [-0.1, -0.05) is 23.7 Å². The zero-order valence-corrected chi connectivity index (χ0v) is 13.7. The molecule has 2 aromatic carbocycles. The van der Waals surface area contributed by atoms with Crippen molar-refractivity contribution in [1.82, 2.24) is 10.6 Å². The first kappa shape index (κ1) is 16.4. The van der Waals surface area contributed by atoms with Crippen LogP contribution in [-0.2, 0) is 6.54 Å². The predicted octanol–water partition coefficient (Wildman–Crippen LogP) is 3.77. The van der Waals surface area contributed by atoms with Crippen LogP contribution in [0.25, 0.3) is 0 Å². The molecule has 2 amide bonds. The SMILES string of the molecule is CC(NC(=O)NCc1ccc(F)c(Cl)c1)c1ccc2c(c1)OCO2. The molecule has 0 bridgehead atoms. The summed E-state index contributed by atoms with van der Waals surface area (Å²) in [5.74, 6) is 0.882. The fourth-order valence-corrected chi connectivity index (χ4v) is 2.55. The number of nitrogens with one attached hydrogen (secondary N) is 2. The van der Waals surface area contributed by atoms with Crippen LogP contribution in [0.2, 0.25) is 5.02 Å². The monoisotopic (exact) mass is 350 g/mol. The van der Waals surface area contributed by atoms with Crippen LogP contribution in [0.4, 0.5) is 9.18 Å². The number of fused-ring (bicyclic) bond motifs is 1. The van der Waals surface area contributed by atoms with E-state index in [0.717, 1.165) is 5.56 Å². The summed E-state index contributed by atoms with van der Waals surface area (Å²) in [6.07, 6.45) is 0. The first-order chi connectivity index (χ1) is 11.5. The van der Waals surface area contributed by atoms with E-state index in [-0.39, 0.29) is 30.4 Å². The molecule has 0 fully saturated rings. The Hall–Kier alpha value is -2.47. The number of halogens is 2. The normalized spacial score (nSPS) is 13.5. The minimum atomic E-state index is -0.485. The van der Waals surface area contributed by atoms with Crippen LogP contribution in [0, 0.1) is 5.82 Å². The van der Waals surface area contributed by atoms with E-state index >= 15 is 0 Å². The molecule has 0 aromatic heterocycles. The average molecular weight is 351 g/mol. The first-order valence-electron chi connectivity index (χ1n) is 7.41. The minimum absolute atomic E-state index is 0.0310. The molecule has 1 unspecified atom stereocenters. The number of rotatable bonds is 4. The number of hydrogen-bond acceptors (Lipinski definition) is 3. The molecule has 0 radical (unpaired) electrons. The van der Waals surface area contributed by atoms with E-state index in [2.05, 4.69) is 10.6 Å².